The molecule has 1 fully saturated rings. The second-order valence-electron chi connectivity index (χ2n) is 7.85. The first-order chi connectivity index (χ1) is 14.9. The summed E-state index contributed by atoms with van der Waals surface area (Å²) in [6, 6.07) is 16.2. The maximum atomic E-state index is 12.8. The van der Waals surface area contributed by atoms with Crippen molar-refractivity contribution >= 4 is 33.0 Å². The Labute approximate surface area is 187 Å². The first-order valence-electron chi connectivity index (χ1n) is 10.3. The van der Waals surface area contributed by atoms with E-state index in [1.807, 2.05) is 35.7 Å². The van der Waals surface area contributed by atoms with Gasteiger partial charge in [-0.25, -0.2) is 13.4 Å². The average molecular weight is 456 g/mol. The second-order valence-corrected chi connectivity index (χ2v) is 10.6. The SMILES string of the molecule is CC1CCN(S(=O)(=O)c2ccc(NC(=O)Cc3csc(-c4ccccc4)n3)cc2)CC1. The van der Waals surface area contributed by atoms with E-state index in [-0.39, 0.29) is 17.2 Å². The molecular formula is C23H25N3O3S2. The molecule has 162 valence electrons. The molecule has 1 aliphatic rings. The fourth-order valence-corrected chi connectivity index (χ4v) is 5.85. The molecule has 1 amide bonds. The van der Waals surface area contributed by atoms with Gasteiger partial charge in [-0.2, -0.15) is 4.31 Å². The summed E-state index contributed by atoms with van der Waals surface area (Å²) in [7, 11) is -3.49. The van der Waals surface area contributed by atoms with Crippen molar-refractivity contribution in [3.63, 3.8) is 0 Å². The van der Waals surface area contributed by atoms with E-state index in [4.69, 9.17) is 0 Å². The zero-order chi connectivity index (χ0) is 21.8. The molecule has 1 aliphatic heterocycles. The number of carbonyl (C=O) groups excluding carboxylic acids is 1. The molecular weight excluding hydrogens is 430 g/mol. The molecule has 0 bridgehead atoms. The highest BCUT2D eigenvalue weighted by Gasteiger charge is 2.27. The number of benzene rings is 2. The van der Waals surface area contributed by atoms with Gasteiger partial charge in [0.15, 0.2) is 0 Å². The fraction of sp³-hybridized carbons (Fsp3) is 0.304. The Morgan fingerprint density at radius 3 is 2.45 bits per heavy atom. The molecule has 0 saturated carbocycles. The van der Waals surface area contributed by atoms with Crippen molar-refractivity contribution in [3.8, 4) is 10.6 Å². The lowest BCUT2D eigenvalue weighted by Crippen LogP contribution is -2.37. The first kappa shape index (κ1) is 21.7. The molecule has 4 rings (SSSR count). The average Bonchev–Trinajstić information content (AvgIpc) is 3.23. The summed E-state index contributed by atoms with van der Waals surface area (Å²) in [6.45, 7) is 3.26. The van der Waals surface area contributed by atoms with Gasteiger partial charge in [0.05, 0.1) is 17.0 Å². The molecule has 1 saturated heterocycles. The number of sulfonamides is 1. The minimum atomic E-state index is -3.49. The highest BCUT2D eigenvalue weighted by molar-refractivity contribution is 7.89. The third-order valence-corrected chi connectivity index (χ3v) is 8.29. The van der Waals surface area contributed by atoms with Gasteiger partial charge in [0.25, 0.3) is 0 Å². The van der Waals surface area contributed by atoms with Crippen molar-refractivity contribution in [3.05, 3.63) is 65.7 Å². The van der Waals surface area contributed by atoms with Crippen LogP contribution in [0.2, 0.25) is 0 Å². The van der Waals surface area contributed by atoms with Gasteiger partial charge in [-0.15, -0.1) is 11.3 Å². The first-order valence-corrected chi connectivity index (χ1v) is 12.6. The summed E-state index contributed by atoms with van der Waals surface area (Å²) in [6.07, 6.45) is 1.93. The van der Waals surface area contributed by atoms with E-state index in [9.17, 15) is 13.2 Å². The summed E-state index contributed by atoms with van der Waals surface area (Å²) in [4.78, 5) is 17.2. The molecule has 0 spiro atoms. The van der Waals surface area contributed by atoms with Crippen molar-refractivity contribution in [2.45, 2.75) is 31.1 Å². The number of carbonyl (C=O) groups is 1. The summed E-state index contributed by atoms with van der Waals surface area (Å²) >= 11 is 1.51. The van der Waals surface area contributed by atoms with Gasteiger partial charge in [0.1, 0.15) is 5.01 Å². The Morgan fingerprint density at radius 2 is 1.77 bits per heavy atom. The van der Waals surface area contributed by atoms with Crippen LogP contribution in [0.4, 0.5) is 5.69 Å². The standard InChI is InChI=1S/C23H25N3O3S2/c1-17-11-13-26(14-12-17)31(28,29)21-9-7-19(8-10-21)24-22(27)15-20-16-30-23(25-20)18-5-3-2-4-6-18/h2-10,16-17H,11-15H2,1H3,(H,24,27). The molecule has 2 aromatic carbocycles. The van der Waals surface area contributed by atoms with Crippen LogP contribution >= 0.6 is 11.3 Å². The van der Waals surface area contributed by atoms with Crippen molar-refractivity contribution in [1.82, 2.24) is 9.29 Å². The summed E-state index contributed by atoms with van der Waals surface area (Å²) in [5.41, 5.74) is 2.30. The van der Waals surface area contributed by atoms with Crippen LogP contribution in [0.15, 0.2) is 64.9 Å². The topological polar surface area (TPSA) is 79.4 Å². The van der Waals surface area contributed by atoms with E-state index in [2.05, 4.69) is 17.2 Å². The fourth-order valence-electron chi connectivity index (χ4n) is 3.56. The van der Waals surface area contributed by atoms with Crippen molar-refractivity contribution in [2.75, 3.05) is 18.4 Å². The van der Waals surface area contributed by atoms with Crippen LogP contribution in [-0.4, -0.2) is 36.7 Å². The van der Waals surface area contributed by atoms with Crippen LogP contribution in [0.3, 0.4) is 0 Å². The number of aromatic nitrogens is 1. The monoisotopic (exact) mass is 455 g/mol. The van der Waals surface area contributed by atoms with Crippen LogP contribution in [0.1, 0.15) is 25.5 Å². The lowest BCUT2D eigenvalue weighted by atomic mass is 10.0. The highest BCUT2D eigenvalue weighted by atomic mass is 32.2. The maximum absolute atomic E-state index is 12.8. The normalized spacial score (nSPS) is 15.6. The van der Waals surface area contributed by atoms with E-state index in [1.165, 1.54) is 11.3 Å². The van der Waals surface area contributed by atoms with Crippen molar-refractivity contribution in [2.24, 2.45) is 5.92 Å². The third kappa shape index (κ3) is 5.20. The van der Waals surface area contributed by atoms with E-state index >= 15 is 0 Å². The lowest BCUT2D eigenvalue weighted by Gasteiger charge is -2.29. The van der Waals surface area contributed by atoms with Gasteiger partial charge in [0.2, 0.25) is 15.9 Å². The van der Waals surface area contributed by atoms with Gasteiger partial charge >= 0.3 is 0 Å². The zero-order valence-corrected chi connectivity index (χ0v) is 19.0. The molecule has 2 heterocycles. The Morgan fingerprint density at radius 1 is 1.10 bits per heavy atom. The largest absolute Gasteiger partial charge is 0.326 e. The van der Waals surface area contributed by atoms with E-state index in [0.29, 0.717) is 30.4 Å². The van der Waals surface area contributed by atoms with Gasteiger partial charge in [-0.3, -0.25) is 4.79 Å². The number of piperidine rings is 1. The maximum Gasteiger partial charge on any atom is 0.243 e. The van der Waals surface area contributed by atoms with Crippen LogP contribution in [-0.2, 0) is 21.2 Å². The predicted octanol–water partition coefficient (Wildman–Crippen LogP) is 4.41. The van der Waals surface area contributed by atoms with Crippen LogP contribution in [0, 0.1) is 5.92 Å². The van der Waals surface area contributed by atoms with E-state index in [1.54, 1.807) is 28.6 Å². The zero-order valence-electron chi connectivity index (χ0n) is 17.3. The highest BCUT2D eigenvalue weighted by Crippen LogP contribution is 2.25. The van der Waals surface area contributed by atoms with E-state index in [0.717, 1.165) is 23.4 Å². The number of amides is 1. The van der Waals surface area contributed by atoms with Gasteiger partial charge < -0.3 is 5.32 Å². The Kier molecular flexibility index (Phi) is 6.50. The summed E-state index contributed by atoms with van der Waals surface area (Å²) < 4.78 is 27.2. The lowest BCUT2D eigenvalue weighted by molar-refractivity contribution is -0.115. The number of rotatable bonds is 6. The molecule has 0 unspecified atom stereocenters. The Hall–Kier alpha value is -2.55. The molecule has 8 heteroatoms. The molecule has 0 atom stereocenters. The van der Waals surface area contributed by atoms with Gasteiger partial charge in [0, 0.05) is 29.7 Å². The molecule has 0 aliphatic carbocycles. The predicted molar refractivity (Wildman–Crippen MR) is 123 cm³/mol. The van der Waals surface area contributed by atoms with Crippen molar-refractivity contribution in [1.29, 1.82) is 0 Å². The van der Waals surface area contributed by atoms with Crippen LogP contribution in [0.25, 0.3) is 10.6 Å². The smallest absolute Gasteiger partial charge is 0.243 e. The number of nitrogens with zero attached hydrogens (tertiary/aromatic N) is 2. The minimum absolute atomic E-state index is 0.162. The summed E-state index contributed by atoms with van der Waals surface area (Å²) in [5.74, 6) is 0.371. The van der Waals surface area contributed by atoms with Crippen LogP contribution < -0.4 is 5.32 Å². The number of nitrogens with one attached hydrogen (secondary N) is 1. The second kappa shape index (κ2) is 9.30. The van der Waals surface area contributed by atoms with Crippen LogP contribution in [0.5, 0.6) is 0 Å². The number of anilines is 1. The molecule has 1 aromatic heterocycles. The molecule has 0 radical (unpaired) electrons. The quantitative estimate of drug-likeness (QED) is 0.597. The van der Waals surface area contributed by atoms with Crippen molar-refractivity contribution < 1.29 is 13.2 Å². The van der Waals surface area contributed by atoms with Gasteiger partial charge in [-0.1, -0.05) is 37.3 Å². The number of hydrogen-bond donors (Lipinski definition) is 1. The number of thiazole rings is 1. The van der Waals surface area contributed by atoms with Gasteiger partial charge in [-0.05, 0) is 43.0 Å². The number of hydrogen-bond acceptors (Lipinski definition) is 5. The Bertz CT molecular complexity index is 1130. The molecule has 1 N–H and O–H groups in total. The third-order valence-electron chi connectivity index (χ3n) is 5.43. The summed E-state index contributed by atoms with van der Waals surface area (Å²) in [5, 5.41) is 5.59. The Balaban J connectivity index is 1.37. The molecule has 6 nitrogen and oxygen atoms in total. The molecule has 31 heavy (non-hydrogen) atoms. The minimum Gasteiger partial charge on any atom is -0.326 e. The van der Waals surface area contributed by atoms with E-state index < -0.39 is 10.0 Å². The molecule has 3 aromatic rings.